The number of benzene rings is 1. The fourth-order valence-electron chi connectivity index (χ4n) is 3.10. The van der Waals surface area contributed by atoms with Crippen LogP contribution in [0.3, 0.4) is 0 Å². The van der Waals surface area contributed by atoms with Gasteiger partial charge in [0.15, 0.2) is 17.3 Å². The topological polar surface area (TPSA) is 60.6 Å². The maximum atomic E-state index is 5.62. The Morgan fingerprint density at radius 3 is 2.83 bits per heavy atom. The first-order valence-corrected chi connectivity index (χ1v) is 8.31. The molecule has 1 aromatic carbocycles. The van der Waals surface area contributed by atoms with Crippen molar-refractivity contribution in [3.8, 4) is 11.5 Å². The van der Waals surface area contributed by atoms with E-state index >= 15 is 0 Å². The van der Waals surface area contributed by atoms with E-state index in [1.807, 2.05) is 12.1 Å². The van der Waals surface area contributed by atoms with Crippen LogP contribution in [-0.2, 0) is 13.1 Å². The first-order valence-electron chi connectivity index (χ1n) is 8.31. The highest BCUT2D eigenvalue weighted by molar-refractivity contribution is 5.48. The second kappa shape index (κ2) is 5.23. The van der Waals surface area contributed by atoms with Crippen LogP contribution < -0.4 is 9.47 Å². The van der Waals surface area contributed by atoms with Crippen molar-refractivity contribution < 1.29 is 14.0 Å². The van der Waals surface area contributed by atoms with Gasteiger partial charge in [-0.3, -0.25) is 4.90 Å². The van der Waals surface area contributed by atoms with Crippen molar-refractivity contribution in [2.24, 2.45) is 0 Å². The lowest BCUT2D eigenvalue weighted by Crippen LogP contribution is -2.25. The average Bonchev–Trinajstić information content (AvgIpc) is 3.49. The summed E-state index contributed by atoms with van der Waals surface area (Å²) in [6.45, 7) is 1.83. The number of hydrogen-bond acceptors (Lipinski definition) is 6. The van der Waals surface area contributed by atoms with Crippen LogP contribution in [0.4, 0.5) is 0 Å². The largest absolute Gasteiger partial charge is 0.454 e. The zero-order valence-electron chi connectivity index (χ0n) is 12.9. The number of para-hydroxylation sites is 1. The zero-order chi connectivity index (χ0) is 15.2. The van der Waals surface area contributed by atoms with E-state index in [4.69, 9.17) is 14.0 Å². The fourth-order valence-corrected chi connectivity index (χ4v) is 3.10. The van der Waals surface area contributed by atoms with Crippen molar-refractivity contribution in [2.75, 3.05) is 6.79 Å². The minimum atomic E-state index is 0.310. The third-order valence-electron chi connectivity index (χ3n) is 4.68. The quantitative estimate of drug-likeness (QED) is 0.817. The van der Waals surface area contributed by atoms with Crippen molar-refractivity contribution >= 4 is 0 Å². The third-order valence-corrected chi connectivity index (χ3v) is 4.68. The Morgan fingerprint density at radius 2 is 2.00 bits per heavy atom. The van der Waals surface area contributed by atoms with Crippen LogP contribution >= 0.6 is 0 Å². The lowest BCUT2D eigenvalue weighted by molar-refractivity contribution is 0.169. The Kier molecular flexibility index (Phi) is 3.04. The lowest BCUT2D eigenvalue weighted by atomic mass is 10.1. The van der Waals surface area contributed by atoms with Crippen LogP contribution in [0.2, 0.25) is 0 Å². The molecule has 0 saturated heterocycles. The van der Waals surface area contributed by atoms with Gasteiger partial charge in [-0.1, -0.05) is 17.3 Å². The highest BCUT2D eigenvalue weighted by atomic mass is 16.7. The maximum Gasteiger partial charge on any atom is 0.240 e. The predicted octanol–water partition coefficient (Wildman–Crippen LogP) is 2.84. The van der Waals surface area contributed by atoms with Gasteiger partial charge in [0.1, 0.15) is 0 Å². The molecule has 1 aromatic heterocycles. The molecule has 0 radical (unpaired) electrons. The summed E-state index contributed by atoms with van der Waals surface area (Å²) in [7, 11) is 0. The number of ether oxygens (including phenoxy) is 2. The summed E-state index contributed by atoms with van der Waals surface area (Å²) in [5.41, 5.74) is 1.16. The maximum absolute atomic E-state index is 5.62. The van der Waals surface area contributed by atoms with Gasteiger partial charge in [-0.25, -0.2) is 0 Å². The minimum absolute atomic E-state index is 0.310. The molecule has 120 valence electrons. The van der Waals surface area contributed by atoms with Crippen molar-refractivity contribution in [1.29, 1.82) is 0 Å². The highest BCUT2D eigenvalue weighted by Crippen LogP contribution is 2.39. The van der Waals surface area contributed by atoms with E-state index < -0.39 is 0 Å². The Bertz CT molecular complexity index is 722. The smallest absolute Gasteiger partial charge is 0.240 e. The van der Waals surface area contributed by atoms with Crippen LogP contribution in [-0.4, -0.2) is 27.9 Å². The predicted molar refractivity (Wildman–Crippen MR) is 81.1 cm³/mol. The van der Waals surface area contributed by atoms with Gasteiger partial charge in [-0.15, -0.1) is 0 Å². The molecule has 6 heteroatoms. The highest BCUT2D eigenvalue weighted by Gasteiger charge is 2.33. The summed E-state index contributed by atoms with van der Waals surface area (Å²) in [5, 5.41) is 4.12. The van der Waals surface area contributed by atoms with Gasteiger partial charge in [0.25, 0.3) is 0 Å². The first-order chi connectivity index (χ1) is 11.4. The molecule has 5 rings (SSSR count). The molecule has 0 atom stereocenters. The number of rotatable bonds is 6. The Balaban J connectivity index is 1.34. The second-order valence-corrected chi connectivity index (χ2v) is 6.61. The molecule has 0 amide bonds. The van der Waals surface area contributed by atoms with E-state index in [0.717, 1.165) is 35.3 Å². The number of hydrogen-bond donors (Lipinski definition) is 0. The molecule has 2 aliphatic carbocycles. The van der Waals surface area contributed by atoms with Gasteiger partial charge in [-0.05, 0) is 31.7 Å². The van der Waals surface area contributed by atoms with E-state index in [-0.39, 0.29) is 0 Å². The van der Waals surface area contributed by atoms with E-state index in [2.05, 4.69) is 21.1 Å². The van der Waals surface area contributed by atoms with E-state index in [9.17, 15) is 0 Å². The molecule has 2 fully saturated rings. The summed E-state index contributed by atoms with van der Waals surface area (Å²) in [4.78, 5) is 6.97. The third kappa shape index (κ3) is 2.67. The van der Waals surface area contributed by atoms with E-state index in [0.29, 0.717) is 25.3 Å². The summed E-state index contributed by atoms with van der Waals surface area (Å²) in [6.07, 6.45) is 4.85. The normalized spacial score (nSPS) is 19.5. The summed E-state index contributed by atoms with van der Waals surface area (Å²) < 4.78 is 16.5. The lowest BCUT2D eigenvalue weighted by Gasteiger charge is -2.20. The molecule has 23 heavy (non-hydrogen) atoms. The Morgan fingerprint density at radius 1 is 1.09 bits per heavy atom. The molecular formula is C17H19N3O3. The molecule has 2 heterocycles. The molecule has 2 saturated carbocycles. The van der Waals surface area contributed by atoms with Crippen LogP contribution in [0.15, 0.2) is 22.7 Å². The molecule has 0 N–H and O–H groups in total. The molecule has 3 aliphatic rings. The number of fused-ring (bicyclic) bond motifs is 1. The standard InChI is InChI=1S/C17H19N3O3/c1-2-12(16-14(3-1)21-10-22-16)8-20(13-6-7-13)9-15-18-17(19-23-15)11-4-5-11/h1-3,11,13H,4-10H2. The Labute approximate surface area is 134 Å². The molecule has 0 spiro atoms. The summed E-state index contributed by atoms with van der Waals surface area (Å²) in [5.74, 6) is 3.86. The molecule has 6 nitrogen and oxygen atoms in total. The Hall–Kier alpha value is -2.08. The minimum Gasteiger partial charge on any atom is -0.454 e. The van der Waals surface area contributed by atoms with Crippen LogP contribution in [0.5, 0.6) is 11.5 Å². The molecule has 0 bridgehead atoms. The number of nitrogens with zero attached hydrogens (tertiary/aromatic N) is 3. The first kappa shape index (κ1) is 13.4. The van der Waals surface area contributed by atoms with Gasteiger partial charge in [-0.2, -0.15) is 4.98 Å². The molecule has 2 aromatic rings. The van der Waals surface area contributed by atoms with Crippen LogP contribution in [0, 0.1) is 0 Å². The SMILES string of the molecule is c1cc(CN(Cc2nc(C3CC3)no2)C2CC2)c2c(c1)OCO2. The van der Waals surface area contributed by atoms with Gasteiger partial charge in [0.05, 0.1) is 6.54 Å². The summed E-state index contributed by atoms with van der Waals surface area (Å²) >= 11 is 0. The monoisotopic (exact) mass is 313 g/mol. The van der Waals surface area contributed by atoms with Crippen molar-refractivity contribution in [3.05, 3.63) is 35.5 Å². The van der Waals surface area contributed by atoms with Gasteiger partial charge in [0, 0.05) is 24.1 Å². The van der Waals surface area contributed by atoms with Crippen LogP contribution in [0.25, 0.3) is 0 Å². The molecule has 1 aliphatic heterocycles. The van der Waals surface area contributed by atoms with Crippen molar-refractivity contribution in [2.45, 2.75) is 50.7 Å². The van der Waals surface area contributed by atoms with Crippen LogP contribution in [0.1, 0.15) is 48.9 Å². The van der Waals surface area contributed by atoms with Gasteiger partial charge in [0.2, 0.25) is 12.7 Å². The second-order valence-electron chi connectivity index (χ2n) is 6.61. The van der Waals surface area contributed by atoms with E-state index in [1.54, 1.807) is 0 Å². The van der Waals surface area contributed by atoms with Crippen molar-refractivity contribution in [1.82, 2.24) is 15.0 Å². The zero-order valence-corrected chi connectivity index (χ0v) is 12.9. The fraction of sp³-hybridized carbons (Fsp3) is 0.529. The van der Waals surface area contributed by atoms with Gasteiger partial charge < -0.3 is 14.0 Å². The molecular weight excluding hydrogens is 294 g/mol. The summed E-state index contributed by atoms with van der Waals surface area (Å²) in [6, 6.07) is 6.68. The van der Waals surface area contributed by atoms with E-state index in [1.165, 1.54) is 25.7 Å². The molecule has 0 unspecified atom stereocenters. The number of aromatic nitrogens is 2. The van der Waals surface area contributed by atoms with Crippen molar-refractivity contribution in [3.63, 3.8) is 0 Å². The van der Waals surface area contributed by atoms with Gasteiger partial charge >= 0.3 is 0 Å². The average molecular weight is 313 g/mol.